The number of benzene rings is 3. The van der Waals surface area contributed by atoms with Gasteiger partial charge in [-0.05, 0) is 60.5 Å². The molecule has 1 fully saturated rings. The normalized spacial score (nSPS) is 15.1. The molecule has 3 aromatic carbocycles. The standard InChI is InChI=1S/C27H26FN3O4/c28-21-6-8-22(9-7-21)30-25(32)18-35-24-12-10-23(11-13-24)31-17-20(16-26(31)33)27(34)29-15-14-19-4-2-1-3-5-19/h1-13,20H,14-18H2,(H,29,34)(H,30,32)/t20-/m1/s1. The highest BCUT2D eigenvalue weighted by molar-refractivity contribution is 6.00. The van der Waals surface area contributed by atoms with Gasteiger partial charge < -0.3 is 20.3 Å². The molecule has 0 spiro atoms. The van der Waals surface area contributed by atoms with Gasteiger partial charge in [0, 0.05) is 30.9 Å². The number of rotatable bonds is 9. The van der Waals surface area contributed by atoms with Crippen molar-refractivity contribution < 1.29 is 23.5 Å². The summed E-state index contributed by atoms with van der Waals surface area (Å²) >= 11 is 0. The third-order valence-electron chi connectivity index (χ3n) is 5.70. The summed E-state index contributed by atoms with van der Waals surface area (Å²) in [6.45, 7) is 0.620. The molecule has 3 amide bonds. The maximum Gasteiger partial charge on any atom is 0.262 e. The highest BCUT2D eigenvalue weighted by atomic mass is 19.1. The van der Waals surface area contributed by atoms with Crippen LogP contribution in [0.15, 0.2) is 78.9 Å². The second-order valence-electron chi connectivity index (χ2n) is 8.27. The van der Waals surface area contributed by atoms with E-state index in [0.29, 0.717) is 30.2 Å². The molecule has 1 atom stereocenters. The Hall–Kier alpha value is -4.20. The fourth-order valence-corrected chi connectivity index (χ4v) is 3.85. The lowest BCUT2D eigenvalue weighted by Gasteiger charge is -2.17. The topological polar surface area (TPSA) is 87.7 Å². The van der Waals surface area contributed by atoms with Crippen LogP contribution in [-0.4, -0.2) is 37.4 Å². The molecule has 0 unspecified atom stereocenters. The van der Waals surface area contributed by atoms with Gasteiger partial charge in [-0.1, -0.05) is 30.3 Å². The average Bonchev–Trinajstić information content (AvgIpc) is 3.27. The molecule has 3 aromatic rings. The van der Waals surface area contributed by atoms with Gasteiger partial charge in [0.25, 0.3) is 5.91 Å². The van der Waals surface area contributed by atoms with Gasteiger partial charge in [-0.2, -0.15) is 0 Å². The van der Waals surface area contributed by atoms with Gasteiger partial charge in [0.1, 0.15) is 11.6 Å². The second-order valence-corrected chi connectivity index (χ2v) is 8.27. The van der Waals surface area contributed by atoms with Crippen molar-refractivity contribution in [3.63, 3.8) is 0 Å². The summed E-state index contributed by atoms with van der Waals surface area (Å²) in [7, 11) is 0. The monoisotopic (exact) mass is 475 g/mol. The fraction of sp³-hybridized carbons (Fsp3) is 0.222. The summed E-state index contributed by atoms with van der Waals surface area (Å²) in [5.41, 5.74) is 2.28. The first-order valence-corrected chi connectivity index (χ1v) is 11.4. The number of halogens is 1. The zero-order valence-electron chi connectivity index (χ0n) is 19.1. The smallest absolute Gasteiger partial charge is 0.262 e. The minimum atomic E-state index is -0.399. The van der Waals surface area contributed by atoms with Crippen molar-refractivity contribution in [2.75, 3.05) is 29.9 Å². The number of hydrogen-bond donors (Lipinski definition) is 2. The van der Waals surface area contributed by atoms with E-state index in [-0.39, 0.29) is 36.6 Å². The molecule has 180 valence electrons. The predicted octanol–water partition coefficient (Wildman–Crippen LogP) is 3.56. The van der Waals surface area contributed by atoms with Crippen LogP contribution in [0.1, 0.15) is 12.0 Å². The number of amides is 3. The van der Waals surface area contributed by atoms with E-state index in [0.717, 1.165) is 12.0 Å². The Morgan fingerprint density at radius 1 is 0.971 bits per heavy atom. The molecular formula is C27H26FN3O4. The van der Waals surface area contributed by atoms with Crippen LogP contribution in [0.5, 0.6) is 5.75 Å². The van der Waals surface area contributed by atoms with Crippen LogP contribution >= 0.6 is 0 Å². The molecule has 1 heterocycles. The van der Waals surface area contributed by atoms with E-state index in [1.807, 2.05) is 30.3 Å². The largest absolute Gasteiger partial charge is 0.484 e. The molecule has 8 heteroatoms. The highest BCUT2D eigenvalue weighted by Gasteiger charge is 2.34. The molecule has 0 aromatic heterocycles. The van der Waals surface area contributed by atoms with Crippen LogP contribution in [0.3, 0.4) is 0 Å². The van der Waals surface area contributed by atoms with Gasteiger partial charge in [0.15, 0.2) is 6.61 Å². The lowest BCUT2D eigenvalue weighted by Crippen LogP contribution is -2.34. The maximum absolute atomic E-state index is 12.9. The van der Waals surface area contributed by atoms with Gasteiger partial charge in [-0.15, -0.1) is 0 Å². The van der Waals surface area contributed by atoms with Crippen molar-refractivity contribution in [1.82, 2.24) is 5.32 Å². The Balaban J connectivity index is 1.23. The quantitative estimate of drug-likeness (QED) is 0.496. The molecule has 1 saturated heterocycles. The Bertz CT molecular complexity index is 1170. The van der Waals surface area contributed by atoms with E-state index in [1.165, 1.54) is 24.3 Å². The molecule has 1 aliphatic heterocycles. The number of anilines is 2. The van der Waals surface area contributed by atoms with Crippen LogP contribution in [-0.2, 0) is 20.8 Å². The third-order valence-corrected chi connectivity index (χ3v) is 5.70. The number of nitrogens with one attached hydrogen (secondary N) is 2. The molecule has 35 heavy (non-hydrogen) atoms. The summed E-state index contributed by atoms with van der Waals surface area (Å²) in [6.07, 6.45) is 0.902. The Morgan fingerprint density at radius 2 is 1.69 bits per heavy atom. The number of hydrogen-bond acceptors (Lipinski definition) is 4. The predicted molar refractivity (Wildman–Crippen MR) is 131 cm³/mol. The highest BCUT2D eigenvalue weighted by Crippen LogP contribution is 2.27. The maximum atomic E-state index is 12.9. The van der Waals surface area contributed by atoms with E-state index in [4.69, 9.17) is 4.74 Å². The van der Waals surface area contributed by atoms with Crippen molar-refractivity contribution in [2.24, 2.45) is 5.92 Å². The first-order chi connectivity index (χ1) is 17.0. The number of carbonyl (C=O) groups excluding carboxylic acids is 3. The molecule has 0 bridgehead atoms. The Kier molecular flexibility index (Phi) is 7.72. The van der Waals surface area contributed by atoms with E-state index >= 15 is 0 Å². The third kappa shape index (κ3) is 6.66. The van der Waals surface area contributed by atoms with E-state index in [1.54, 1.807) is 29.2 Å². The number of ether oxygens (including phenoxy) is 1. The minimum absolute atomic E-state index is 0.111. The molecule has 4 rings (SSSR count). The first-order valence-electron chi connectivity index (χ1n) is 11.4. The van der Waals surface area contributed by atoms with Gasteiger partial charge in [-0.3, -0.25) is 14.4 Å². The number of carbonyl (C=O) groups is 3. The zero-order valence-corrected chi connectivity index (χ0v) is 19.1. The van der Waals surface area contributed by atoms with Crippen molar-refractivity contribution in [3.8, 4) is 5.75 Å². The summed E-state index contributed by atoms with van der Waals surface area (Å²) in [5, 5.41) is 5.55. The minimum Gasteiger partial charge on any atom is -0.484 e. The second kappa shape index (κ2) is 11.3. The van der Waals surface area contributed by atoms with Gasteiger partial charge in [0.2, 0.25) is 11.8 Å². The van der Waals surface area contributed by atoms with Crippen LogP contribution in [0.2, 0.25) is 0 Å². The van der Waals surface area contributed by atoms with Gasteiger partial charge >= 0.3 is 0 Å². The fourth-order valence-electron chi connectivity index (χ4n) is 3.85. The molecule has 1 aliphatic rings. The average molecular weight is 476 g/mol. The summed E-state index contributed by atoms with van der Waals surface area (Å²) in [5.74, 6) is -0.930. The van der Waals surface area contributed by atoms with Crippen molar-refractivity contribution >= 4 is 29.1 Å². The van der Waals surface area contributed by atoms with Crippen molar-refractivity contribution in [3.05, 3.63) is 90.2 Å². The van der Waals surface area contributed by atoms with E-state index in [9.17, 15) is 18.8 Å². The van der Waals surface area contributed by atoms with Crippen LogP contribution in [0.4, 0.5) is 15.8 Å². The molecule has 0 radical (unpaired) electrons. The molecular weight excluding hydrogens is 449 g/mol. The summed E-state index contributed by atoms with van der Waals surface area (Å²) in [6, 6.07) is 22.1. The lowest BCUT2D eigenvalue weighted by atomic mass is 10.1. The van der Waals surface area contributed by atoms with E-state index < -0.39 is 5.92 Å². The summed E-state index contributed by atoms with van der Waals surface area (Å²) < 4.78 is 18.4. The number of nitrogens with zero attached hydrogens (tertiary/aromatic N) is 1. The molecule has 2 N–H and O–H groups in total. The van der Waals surface area contributed by atoms with Crippen LogP contribution < -0.4 is 20.3 Å². The summed E-state index contributed by atoms with van der Waals surface area (Å²) in [4.78, 5) is 38.7. The van der Waals surface area contributed by atoms with Crippen LogP contribution in [0.25, 0.3) is 0 Å². The van der Waals surface area contributed by atoms with E-state index in [2.05, 4.69) is 10.6 Å². The molecule has 0 saturated carbocycles. The van der Waals surface area contributed by atoms with Crippen LogP contribution in [0, 0.1) is 11.7 Å². The van der Waals surface area contributed by atoms with Crippen molar-refractivity contribution in [2.45, 2.75) is 12.8 Å². The first kappa shape index (κ1) is 23.9. The Labute approximate surface area is 202 Å². The molecule has 0 aliphatic carbocycles. The lowest BCUT2D eigenvalue weighted by molar-refractivity contribution is -0.126. The molecule has 7 nitrogen and oxygen atoms in total. The van der Waals surface area contributed by atoms with Gasteiger partial charge in [-0.25, -0.2) is 4.39 Å². The van der Waals surface area contributed by atoms with Crippen molar-refractivity contribution in [1.29, 1.82) is 0 Å². The SMILES string of the molecule is O=C(COc1ccc(N2C[C@H](C(=O)NCCc3ccccc3)CC2=O)cc1)Nc1ccc(F)cc1. The Morgan fingerprint density at radius 3 is 2.40 bits per heavy atom. The zero-order chi connectivity index (χ0) is 24.6. The van der Waals surface area contributed by atoms with Gasteiger partial charge in [0.05, 0.1) is 5.92 Å².